The van der Waals surface area contributed by atoms with Gasteiger partial charge in [-0.1, -0.05) is 18.5 Å². The highest BCUT2D eigenvalue weighted by molar-refractivity contribution is 6.30. The Labute approximate surface area is 109 Å². The van der Waals surface area contributed by atoms with Gasteiger partial charge >= 0.3 is 0 Å². The van der Waals surface area contributed by atoms with E-state index in [0.29, 0.717) is 40.8 Å². The van der Waals surface area contributed by atoms with Crippen molar-refractivity contribution in [2.75, 3.05) is 0 Å². The Balaban J connectivity index is 2.07. The third-order valence-electron chi connectivity index (χ3n) is 2.26. The van der Waals surface area contributed by atoms with Crippen LogP contribution in [0.2, 0.25) is 5.02 Å². The summed E-state index contributed by atoms with van der Waals surface area (Å²) in [6.07, 6.45) is 1.36. The van der Waals surface area contributed by atoms with Crippen LogP contribution in [0.25, 0.3) is 0 Å². The molecule has 1 heterocycles. The van der Waals surface area contributed by atoms with Crippen LogP contribution in [0.4, 0.5) is 0 Å². The first-order chi connectivity index (χ1) is 8.72. The average molecular weight is 267 g/mol. The lowest BCUT2D eigenvalue weighted by Crippen LogP contribution is -1.98. The van der Waals surface area contributed by atoms with Gasteiger partial charge in [-0.05, 0) is 18.2 Å². The van der Waals surface area contributed by atoms with Crippen LogP contribution in [0, 0.1) is 0 Å². The molecule has 0 spiro atoms. The molecule has 0 aliphatic carbocycles. The number of hydrogen-bond acceptors (Lipinski definition) is 5. The van der Waals surface area contributed by atoms with Gasteiger partial charge in [0.1, 0.15) is 5.75 Å². The Bertz CT molecular complexity index is 554. The van der Waals surface area contributed by atoms with Crippen LogP contribution in [0.1, 0.15) is 29.1 Å². The van der Waals surface area contributed by atoms with Crippen LogP contribution in [0.3, 0.4) is 0 Å². The molecular formula is C12H11ClN2O3. The van der Waals surface area contributed by atoms with Crippen molar-refractivity contribution in [3.8, 4) is 5.75 Å². The van der Waals surface area contributed by atoms with E-state index in [9.17, 15) is 4.79 Å². The SMILES string of the molecule is CCc1nnc(COc2ccc(Cl)cc2C=O)o1. The molecule has 0 aliphatic rings. The molecule has 0 amide bonds. The number of hydrogen-bond donors (Lipinski definition) is 0. The second kappa shape index (κ2) is 5.64. The van der Waals surface area contributed by atoms with Crippen molar-refractivity contribution in [1.82, 2.24) is 10.2 Å². The van der Waals surface area contributed by atoms with E-state index in [2.05, 4.69) is 10.2 Å². The molecule has 0 bridgehead atoms. The summed E-state index contributed by atoms with van der Waals surface area (Å²) in [6, 6.07) is 4.81. The number of aryl methyl sites for hydroxylation is 1. The highest BCUT2D eigenvalue weighted by Gasteiger charge is 2.08. The van der Waals surface area contributed by atoms with E-state index in [-0.39, 0.29) is 6.61 Å². The first kappa shape index (κ1) is 12.6. The standard InChI is InChI=1S/C12H11ClN2O3/c1-2-11-14-15-12(18-11)7-17-10-4-3-9(13)5-8(10)6-16/h3-6H,2,7H2,1H3. The monoisotopic (exact) mass is 266 g/mol. The highest BCUT2D eigenvalue weighted by atomic mass is 35.5. The predicted octanol–water partition coefficient (Wildman–Crippen LogP) is 2.68. The maximum Gasteiger partial charge on any atom is 0.253 e. The van der Waals surface area contributed by atoms with Crippen LogP contribution < -0.4 is 4.74 Å². The smallest absolute Gasteiger partial charge is 0.253 e. The summed E-state index contributed by atoms with van der Waals surface area (Å²) in [7, 11) is 0. The van der Waals surface area contributed by atoms with E-state index in [1.165, 1.54) is 6.07 Å². The fourth-order valence-corrected chi connectivity index (χ4v) is 1.55. The third kappa shape index (κ3) is 2.87. The first-order valence-electron chi connectivity index (χ1n) is 5.41. The lowest BCUT2D eigenvalue weighted by Gasteiger charge is -2.05. The lowest BCUT2D eigenvalue weighted by atomic mass is 10.2. The van der Waals surface area contributed by atoms with E-state index in [1.54, 1.807) is 12.1 Å². The number of nitrogens with zero attached hydrogens (tertiary/aromatic N) is 2. The molecule has 1 aromatic carbocycles. The quantitative estimate of drug-likeness (QED) is 0.779. The van der Waals surface area contributed by atoms with Crippen molar-refractivity contribution in [3.05, 3.63) is 40.6 Å². The zero-order chi connectivity index (χ0) is 13.0. The van der Waals surface area contributed by atoms with Gasteiger partial charge in [-0.3, -0.25) is 4.79 Å². The minimum atomic E-state index is 0.121. The van der Waals surface area contributed by atoms with Gasteiger partial charge in [0.05, 0.1) is 5.56 Å². The summed E-state index contributed by atoms with van der Waals surface area (Å²) in [5.74, 6) is 1.37. The molecule has 0 fully saturated rings. The number of benzene rings is 1. The molecule has 0 aliphatic heterocycles. The summed E-state index contributed by atoms with van der Waals surface area (Å²) in [4.78, 5) is 10.9. The van der Waals surface area contributed by atoms with E-state index in [0.717, 1.165) is 0 Å². The summed E-state index contributed by atoms with van der Waals surface area (Å²) >= 11 is 5.78. The topological polar surface area (TPSA) is 65.2 Å². The largest absolute Gasteiger partial charge is 0.483 e. The second-order valence-electron chi connectivity index (χ2n) is 3.53. The highest BCUT2D eigenvalue weighted by Crippen LogP contribution is 2.22. The number of aldehydes is 1. The second-order valence-corrected chi connectivity index (χ2v) is 3.97. The molecule has 6 heteroatoms. The Hall–Kier alpha value is -1.88. The van der Waals surface area contributed by atoms with Crippen LogP contribution in [-0.4, -0.2) is 16.5 Å². The first-order valence-corrected chi connectivity index (χ1v) is 5.79. The fraction of sp³-hybridized carbons (Fsp3) is 0.250. The number of ether oxygens (including phenoxy) is 1. The minimum absolute atomic E-state index is 0.121. The maximum absolute atomic E-state index is 10.9. The van der Waals surface area contributed by atoms with Crippen LogP contribution in [0.5, 0.6) is 5.75 Å². The third-order valence-corrected chi connectivity index (χ3v) is 2.50. The zero-order valence-electron chi connectivity index (χ0n) is 9.72. The predicted molar refractivity (Wildman–Crippen MR) is 64.8 cm³/mol. The van der Waals surface area contributed by atoms with Gasteiger partial charge in [-0.15, -0.1) is 10.2 Å². The number of aromatic nitrogens is 2. The summed E-state index contributed by atoms with van der Waals surface area (Å²) in [5.41, 5.74) is 0.387. The van der Waals surface area contributed by atoms with E-state index >= 15 is 0 Å². The van der Waals surface area contributed by atoms with Crippen molar-refractivity contribution < 1.29 is 13.9 Å². The Morgan fingerprint density at radius 1 is 1.39 bits per heavy atom. The number of carbonyl (C=O) groups excluding carboxylic acids is 1. The Kier molecular flexibility index (Phi) is 3.94. The minimum Gasteiger partial charge on any atom is -0.483 e. The van der Waals surface area contributed by atoms with Gasteiger partial charge < -0.3 is 9.15 Å². The van der Waals surface area contributed by atoms with Crippen molar-refractivity contribution in [3.63, 3.8) is 0 Å². The normalized spacial score (nSPS) is 10.3. The van der Waals surface area contributed by atoms with E-state index < -0.39 is 0 Å². The van der Waals surface area contributed by atoms with Crippen LogP contribution >= 0.6 is 11.6 Å². The van der Waals surface area contributed by atoms with Gasteiger partial charge in [-0.25, -0.2) is 0 Å². The number of halogens is 1. The molecule has 5 nitrogen and oxygen atoms in total. The van der Waals surface area contributed by atoms with E-state index in [4.69, 9.17) is 20.8 Å². The van der Waals surface area contributed by atoms with Gasteiger partial charge in [0, 0.05) is 11.4 Å². The maximum atomic E-state index is 10.9. The molecule has 1 aromatic heterocycles. The molecule has 0 saturated carbocycles. The molecule has 0 saturated heterocycles. The lowest BCUT2D eigenvalue weighted by molar-refractivity contribution is 0.111. The molecule has 2 aromatic rings. The van der Waals surface area contributed by atoms with Gasteiger partial charge in [0.2, 0.25) is 5.89 Å². The van der Waals surface area contributed by atoms with Gasteiger partial charge in [0.15, 0.2) is 12.9 Å². The molecule has 18 heavy (non-hydrogen) atoms. The average Bonchev–Trinajstić information content (AvgIpc) is 2.85. The molecule has 0 unspecified atom stereocenters. The van der Waals surface area contributed by atoms with Crippen molar-refractivity contribution in [2.24, 2.45) is 0 Å². The Morgan fingerprint density at radius 2 is 2.17 bits per heavy atom. The number of carbonyl (C=O) groups is 1. The van der Waals surface area contributed by atoms with E-state index in [1.807, 2.05) is 6.92 Å². The molecule has 94 valence electrons. The van der Waals surface area contributed by atoms with Gasteiger partial charge in [-0.2, -0.15) is 0 Å². The summed E-state index contributed by atoms with van der Waals surface area (Å²) in [5, 5.41) is 8.12. The summed E-state index contributed by atoms with van der Waals surface area (Å²) in [6.45, 7) is 2.04. The number of rotatable bonds is 5. The van der Waals surface area contributed by atoms with Crippen molar-refractivity contribution in [1.29, 1.82) is 0 Å². The zero-order valence-corrected chi connectivity index (χ0v) is 10.5. The van der Waals surface area contributed by atoms with Crippen LogP contribution in [-0.2, 0) is 13.0 Å². The van der Waals surface area contributed by atoms with Crippen LogP contribution in [0.15, 0.2) is 22.6 Å². The molecule has 0 radical (unpaired) electrons. The molecular weight excluding hydrogens is 256 g/mol. The van der Waals surface area contributed by atoms with Crippen molar-refractivity contribution in [2.45, 2.75) is 20.0 Å². The molecule has 0 N–H and O–H groups in total. The van der Waals surface area contributed by atoms with Crippen molar-refractivity contribution >= 4 is 17.9 Å². The molecule has 2 rings (SSSR count). The molecule has 0 atom stereocenters. The summed E-state index contributed by atoms with van der Waals surface area (Å²) < 4.78 is 10.7. The van der Waals surface area contributed by atoms with Gasteiger partial charge in [0.25, 0.3) is 5.89 Å². The fourth-order valence-electron chi connectivity index (χ4n) is 1.37. The Morgan fingerprint density at radius 3 is 2.83 bits per heavy atom.